The van der Waals surface area contributed by atoms with Gasteiger partial charge in [0.25, 0.3) is 0 Å². The van der Waals surface area contributed by atoms with Crippen molar-refractivity contribution >= 4 is 35.0 Å². The molecule has 0 bridgehead atoms. The Morgan fingerprint density at radius 3 is 2.61 bits per heavy atom. The minimum Gasteiger partial charge on any atom is -0.471 e. The van der Waals surface area contributed by atoms with Crippen LogP contribution in [0.4, 0.5) is 5.82 Å². The van der Waals surface area contributed by atoms with Crippen LogP contribution in [0.3, 0.4) is 0 Å². The van der Waals surface area contributed by atoms with E-state index in [-0.39, 0.29) is 22.1 Å². The van der Waals surface area contributed by atoms with Gasteiger partial charge in [0.2, 0.25) is 5.28 Å². The first kappa shape index (κ1) is 16.5. The summed E-state index contributed by atoms with van der Waals surface area (Å²) >= 11 is 12.1. The molecular weight excluding hydrogens is 345 g/mol. The van der Waals surface area contributed by atoms with Gasteiger partial charge < -0.3 is 19.1 Å². The van der Waals surface area contributed by atoms with Gasteiger partial charge in [0.15, 0.2) is 22.8 Å². The van der Waals surface area contributed by atoms with E-state index >= 15 is 0 Å². The Balaban J connectivity index is 1.91. The van der Waals surface area contributed by atoms with Crippen molar-refractivity contribution in [2.45, 2.75) is 18.9 Å². The van der Waals surface area contributed by atoms with Gasteiger partial charge in [0.05, 0.1) is 20.3 Å². The molecule has 1 aliphatic heterocycles. The zero-order valence-corrected chi connectivity index (χ0v) is 14.1. The van der Waals surface area contributed by atoms with Crippen LogP contribution in [0.25, 0.3) is 0 Å². The highest BCUT2D eigenvalue weighted by Crippen LogP contribution is 2.40. The van der Waals surface area contributed by atoms with E-state index in [2.05, 4.69) is 9.97 Å². The molecule has 1 atom stereocenters. The monoisotopic (exact) mass is 361 g/mol. The van der Waals surface area contributed by atoms with Crippen LogP contribution >= 0.6 is 23.2 Å². The van der Waals surface area contributed by atoms with E-state index in [1.807, 2.05) is 4.90 Å². The quantitative estimate of drug-likeness (QED) is 0.450. The molecule has 7 nitrogen and oxygen atoms in total. The fourth-order valence-corrected chi connectivity index (χ4v) is 2.87. The molecule has 0 amide bonds. The SMILES string of the molecule is COC(=O)[C@H](Oc1c(Cl)nc(Cl)nc1N1CCOCC1)C1CC1. The maximum Gasteiger partial charge on any atom is 0.347 e. The second-order valence-electron chi connectivity index (χ2n) is 5.43. The summed E-state index contributed by atoms with van der Waals surface area (Å²) in [6, 6.07) is 0. The van der Waals surface area contributed by atoms with Crippen molar-refractivity contribution in [3.8, 4) is 5.75 Å². The number of ether oxygens (including phenoxy) is 3. The Labute approximate surface area is 143 Å². The summed E-state index contributed by atoms with van der Waals surface area (Å²) in [4.78, 5) is 22.1. The van der Waals surface area contributed by atoms with E-state index in [0.717, 1.165) is 12.8 Å². The van der Waals surface area contributed by atoms with Gasteiger partial charge >= 0.3 is 5.97 Å². The maximum absolute atomic E-state index is 12.0. The Morgan fingerprint density at radius 2 is 2.00 bits per heavy atom. The van der Waals surface area contributed by atoms with Crippen LogP contribution in [-0.4, -0.2) is 55.5 Å². The van der Waals surface area contributed by atoms with Crippen molar-refractivity contribution in [3.05, 3.63) is 10.4 Å². The molecule has 9 heteroatoms. The van der Waals surface area contributed by atoms with Crippen molar-refractivity contribution in [1.29, 1.82) is 0 Å². The number of carbonyl (C=O) groups excluding carboxylic acids is 1. The largest absolute Gasteiger partial charge is 0.471 e. The highest BCUT2D eigenvalue weighted by Gasteiger charge is 2.40. The highest BCUT2D eigenvalue weighted by molar-refractivity contribution is 6.33. The van der Waals surface area contributed by atoms with Gasteiger partial charge in [0.1, 0.15) is 0 Å². The summed E-state index contributed by atoms with van der Waals surface area (Å²) in [6.07, 6.45) is 1.12. The fourth-order valence-electron chi connectivity index (χ4n) is 2.46. The number of anilines is 1. The predicted octanol–water partition coefficient (Wildman–Crippen LogP) is 1.95. The summed E-state index contributed by atoms with van der Waals surface area (Å²) in [5.74, 6) is 0.450. The summed E-state index contributed by atoms with van der Waals surface area (Å²) in [5.41, 5.74) is 0. The number of morpholine rings is 1. The van der Waals surface area contributed by atoms with Gasteiger partial charge in [-0.2, -0.15) is 4.98 Å². The molecule has 1 saturated heterocycles. The molecule has 2 fully saturated rings. The molecule has 1 aromatic heterocycles. The van der Waals surface area contributed by atoms with Crippen LogP contribution in [0, 0.1) is 5.92 Å². The molecule has 126 valence electrons. The zero-order chi connectivity index (χ0) is 16.4. The summed E-state index contributed by atoms with van der Waals surface area (Å²) < 4.78 is 16.1. The molecular formula is C14H17Cl2N3O4. The van der Waals surface area contributed by atoms with Crippen molar-refractivity contribution < 1.29 is 19.0 Å². The van der Waals surface area contributed by atoms with Gasteiger partial charge in [-0.05, 0) is 24.4 Å². The van der Waals surface area contributed by atoms with Crippen molar-refractivity contribution in [1.82, 2.24) is 9.97 Å². The third-order valence-corrected chi connectivity index (χ3v) is 4.24. The van der Waals surface area contributed by atoms with Crippen LogP contribution in [0.1, 0.15) is 12.8 Å². The Hall–Kier alpha value is -1.31. The fraction of sp³-hybridized carbons (Fsp3) is 0.643. The van der Waals surface area contributed by atoms with Crippen LogP contribution in [0.2, 0.25) is 10.4 Å². The number of hydrogen-bond acceptors (Lipinski definition) is 7. The first-order chi connectivity index (χ1) is 11.1. The molecule has 0 spiro atoms. The molecule has 23 heavy (non-hydrogen) atoms. The van der Waals surface area contributed by atoms with E-state index < -0.39 is 12.1 Å². The third kappa shape index (κ3) is 3.79. The van der Waals surface area contributed by atoms with Crippen molar-refractivity contribution in [3.63, 3.8) is 0 Å². The lowest BCUT2D eigenvalue weighted by Gasteiger charge is -2.30. The van der Waals surface area contributed by atoms with Gasteiger partial charge in [-0.1, -0.05) is 11.6 Å². The molecule has 0 aromatic carbocycles. The molecule has 1 saturated carbocycles. The molecule has 2 heterocycles. The van der Waals surface area contributed by atoms with E-state index in [4.69, 9.17) is 37.4 Å². The normalized spacial score (nSPS) is 19.3. The smallest absolute Gasteiger partial charge is 0.347 e. The summed E-state index contributed by atoms with van der Waals surface area (Å²) in [5, 5.41) is 0.117. The van der Waals surface area contributed by atoms with E-state index in [1.165, 1.54) is 7.11 Å². The lowest BCUT2D eigenvalue weighted by Crippen LogP contribution is -2.38. The second-order valence-corrected chi connectivity index (χ2v) is 6.13. The number of aromatic nitrogens is 2. The van der Waals surface area contributed by atoms with Crippen LogP contribution in [-0.2, 0) is 14.3 Å². The number of rotatable bonds is 5. The van der Waals surface area contributed by atoms with E-state index in [0.29, 0.717) is 32.1 Å². The van der Waals surface area contributed by atoms with Gasteiger partial charge in [-0.3, -0.25) is 0 Å². The minimum absolute atomic E-state index is 0.0323. The van der Waals surface area contributed by atoms with E-state index in [1.54, 1.807) is 0 Å². The van der Waals surface area contributed by atoms with Crippen molar-refractivity contribution in [2.75, 3.05) is 38.3 Å². The standard InChI is InChI=1S/C14H17Cl2N3O4/c1-21-13(20)9(8-2-3-8)23-10-11(15)17-14(16)18-12(10)19-4-6-22-7-5-19/h8-9H,2-7H2,1H3/t9-/m1/s1. The Kier molecular flexibility index (Phi) is 5.08. The van der Waals surface area contributed by atoms with Crippen LogP contribution in [0.15, 0.2) is 0 Å². The number of carbonyl (C=O) groups is 1. The van der Waals surface area contributed by atoms with Crippen LogP contribution in [0.5, 0.6) is 5.75 Å². The van der Waals surface area contributed by atoms with Crippen LogP contribution < -0.4 is 9.64 Å². The van der Waals surface area contributed by atoms with Crippen molar-refractivity contribution in [2.24, 2.45) is 5.92 Å². The first-order valence-electron chi connectivity index (χ1n) is 7.40. The lowest BCUT2D eigenvalue weighted by molar-refractivity contribution is -0.149. The Bertz CT molecular complexity index is 592. The van der Waals surface area contributed by atoms with Gasteiger partial charge in [0, 0.05) is 19.0 Å². The summed E-state index contributed by atoms with van der Waals surface area (Å²) in [7, 11) is 1.34. The average Bonchev–Trinajstić information content (AvgIpc) is 3.38. The molecule has 0 unspecified atom stereocenters. The number of halogens is 2. The second kappa shape index (κ2) is 7.07. The molecule has 1 aromatic rings. The number of esters is 1. The van der Waals surface area contributed by atoms with Gasteiger partial charge in [-0.15, -0.1) is 0 Å². The van der Waals surface area contributed by atoms with E-state index in [9.17, 15) is 4.79 Å². The molecule has 0 N–H and O–H groups in total. The number of methoxy groups -OCH3 is 1. The maximum atomic E-state index is 12.0. The average molecular weight is 362 g/mol. The third-order valence-electron chi connectivity index (χ3n) is 3.82. The highest BCUT2D eigenvalue weighted by atomic mass is 35.5. The molecule has 3 rings (SSSR count). The van der Waals surface area contributed by atoms with Gasteiger partial charge in [-0.25, -0.2) is 9.78 Å². The minimum atomic E-state index is -0.706. The molecule has 1 aliphatic carbocycles. The lowest BCUT2D eigenvalue weighted by atomic mass is 10.2. The molecule has 2 aliphatic rings. The predicted molar refractivity (Wildman–Crippen MR) is 84.2 cm³/mol. The number of nitrogens with zero attached hydrogens (tertiary/aromatic N) is 3. The Morgan fingerprint density at radius 1 is 1.30 bits per heavy atom. The zero-order valence-electron chi connectivity index (χ0n) is 12.6. The number of hydrogen-bond donors (Lipinski definition) is 0. The molecule has 0 radical (unpaired) electrons. The first-order valence-corrected chi connectivity index (χ1v) is 8.16. The summed E-state index contributed by atoms with van der Waals surface area (Å²) in [6.45, 7) is 2.40. The topological polar surface area (TPSA) is 73.8 Å².